The molecule has 1 amide bonds. The van der Waals surface area contributed by atoms with Crippen LogP contribution in [0.25, 0.3) is 10.4 Å². The summed E-state index contributed by atoms with van der Waals surface area (Å²) in [4.78, 5) is 17.4. The van der Waals surface area contributed by atoms with Crippen LogP contribution in [0.3, 0.4) is 0 Å². The molecular weight excluding hydrogens is 368 g/mol. The Hall–Kier alpha value is -1.56. The van der Waals surface area contributed by atoms with Gasteiger partial charge in [-0.05, 0) is 44.4 Å². The van der Waals surface area contributed by atoms with Gasteiger partial charge in [0.2, 0.25) is 0 Å². The van der Waals surface area contributed by atoms with Crippen molar-refractivity contribution in [3.8, 4) is 16.2 Å². The van der Waals surface area contributed by atoms with Gasteiger partial charge in [-0.3, -0.25) is 4.79 Å². The molecule has 4 nitrogen and oxygen atoms in total. The molecule has 0 spiro atoms. The number of amides is 1. The lowest BCUT2D eigenvalue weighted by atomic mass is 10.1. The van der Waals surface area contributed by atoms with Crippen LogP contribution >= 0.6 is 23.7 Å². The standard InChI is InChI=1S/C20H24N2O2S.ClH/c1-2-24-17-12-18(14-6-4-3-5-7-14)25-19(17)20(23)22-15-8-9-16(22)13-21-11-10-15;/h3-7,12,15-16,21H,2,8-11,13H2,1H3;1H. The van der Waals surface area contributed by atoms with E-state index in [0.717, 1.165) is 53.4 Å². The minimum Gasteiger partial charge on any atom is -0.492 e. The number of thiophene rings is 1. The van der Waals surface area contributed by atoms with Crippen LogP contribution in [-0.2, 0) is 0 Å². The van der Waals surface area contributed by atoms with Crippen LogP contribution in [-0.4, -0.2) is 42.6 Å². The fourth-order valence-corrected chi connectivity index (χ4v) is 5.01. The molecule has 2 unspecified atom stereocenters. The number of rotatable bonds is 4. The van der Waals surface area contributed by atoms with Gasteiger partial charge in [-0.2, -0.15) is 0 Å². The zero-order chi connectivity index (χ0) is 17.2. The van der Waals surface area contributed by atoms with Gasteiger partial charge < -0.3 is 15.0 Å². The average molecular weight is 393 g/mol. The number of fused-ring (bicyclic) bond motifs is 2. The maximum Gasteiger partial charge on any atom is 0.268 e. The van der Waals surface area contributed by atoms with Gasteiger partial charge in [0.05, 0.1) is 6.61 Å². The quantitative estimate of drug-likeness (QED) is 0.847. The normalized spacial score (nSPS) is 21.8. The first-order valence-electron chi connectivity index (χ1n) is 9.13. The zero-order valence-corrected chi connectivity index (χ0v) is 16.6. The van der Waals surface area contributed by atoms with E-state index in [0.29, 0.717) is 18.7 Å². The minimum atomic E-state index is 0. The number of hydrogen-bond donors (Lipinski definition) is 1. The van der Waals surface area contributed by atoms with Gasteiger partial charge in [-0.15, -0.1) is 23.7 Å². The highest BCUT2D eigenvalue weighted by Crippen LogP contribution is 2.39. The van der Waals surface area contributed by atoms with Gasteiger partial charge in [0.15, 0.2) is 0 Å². The molecule has 1 aromatic carbocycles. The summed E-state index contributed by atoms with van der Waals surface area (Å²) in [5.41, 5.74) is 1.13. The number of benzene rings is 1. The van der Waals surface area contributed by atoms with Crippen molar-refractivity contribution in [1.82, 2.24) is 10.2 Å². The Labute approximate surface area is 165 Å². The first-order valence-corrected chi connectivity index (χ1v) is 9.95. The van der Waals surface area contributed by atoms with E-state index in [1.54, 1.807) is 11.3 Å². The molecular formula is C20H25ClN2O2S. The van der Waals surface area contributed by atoms with Crippen LogP contribution < -0.4 is 10.1 Å². The summed E-state index contributed by atoms with van der Waals surface area (Å²) in [7, 11) is 0. The van der Waals surface area contributed by atoms with E-state index in [9.17, 15) is 4.79 Å². The molecule has 0 saturated carbocycles. The van der Waals surface area contributed by atoms with Gasteiger partial charge in [-0.25, -0.2) is 0 Å². The van der Waals surface area contributed by atoms with Crippen LogP contribution in [0.2, 0.25) is 0 Å². The Morgan fingerprint density at radius 1 is 1.23 bits per heavy atom. The molecule has 2 saturated heterocycles. The van der Waals surface area contributed by atoms with Crippen LogP contribution in [0.15, 0.2) is 36.4 Å². The van der Waals surface area contributed by atoms with Crippen molar-refractivity contribution >= 4 is 29.7 Å². The topological polar surface area (TPSA) is 41.6 Å². The third-order valence-corrected chi connectivity index (χ3v) is 6.29. The Morgan fingerprint density at radius 3 is 2.77 bits per heavy atom. The van der Waals surface area contributed by atoms with Crippen molar-refractivity contribution in [2.24, 2.45) is 0 Å². The summed E-state index contributed by atoms with van der Waals surface area (Å²) >= 11 is 1.56. The van der Waals surface area contributed by atoms with E-state index in [1.165, 1.54) is 0 Å². The number of carbonyl (C=O) groups excluding carboxylic acids is 1. The van der Waals surface area contributed by atoms with Crippen LogP contribution in [0.1, 0.15) is 35.9 Å². The number of nitrogens with one attached hydrogen (secondary N) is 1. The summed E-state index contributed by atoms with van der Waals surface area (Å²) in [6.07, 6.45) is 3.27. The molecule has 3 heterocycles. The maximum atomic E-state index is 13.4. The van der Waals surface area contributed by atoms with Gasteiger partial charge >= 0.3 is 0 Å². The van der Waals surface area contributed by atoms with E-state index in [-0.39, 0.29) is 18.3 Å². The summed E-state index contributed by atoms with van der Waals surface area (Å²) in [5, 5.41) is 3.46. The molecule has 0 radical (unpaired) electrons. The summed E-state index contributed by atoms with van der Waals surface area (Å²) < 4.78 is 5.82. The molecule has 2 aliphatic heterocycles. The highest BCUT2D eigenvalue weighted by Gasteiger charge is 2.39. The fourth-order valence-electron chi connectivity index (χ4n) is 3.96. The molecule has 26 heavy (non-hydrogen) atoms. The smallest absolute Gasteiger partial charge is 0.268 e. The maximum absolute atomic E-state index is 13.4. The van der Waals surface area contributed by atoms with E-state index in [4.69, 9.17) is 4.74 Å². The van der Waals surface area contributed by atoms with E-state index in [1.807, 2.05) is 31.2 Å². The summed E-state index contributed by atoms with van der Waals surface area (Å²) in [6, 6.07) is 12.9. The Morgan fingerprint density at radius 2 is 2.00 bits per heavy atom. The summed E-state index contributed by atoms with van der Waals surface area (Å²) in [5.74, 6) is 0.875. The molecule has 2 atom stereocenters. The lowest BCUT2D eigenvalue weighted by Crippen LogP contribution is -2.42. The third kappa shape index (κ3) is 3.61. The molecule has 2 bridgehead atoms. The van der Waals surface area contributed by atoms with Gasteiger partial charge in [-0.1, -0.05) is 30.3 Å². The third-order valence-electron chi connectivity index (χ3n) is 5.14. The lowest BCUT2D eigenvalue weighted by Gasteiger charge is -2.27. The first-order chi connectivity index (χ1) is 12.3. The summed E-state index contributed by atoms with van der Waals surface area (Å²) in [6.45, 7) is 4.44. The predicted molar refractivity (Wildman–Crippen MR) is 109 cm³/mol. The predicted octanol–water partition coefficient (Wildman–Crippen LogP) is 4.20. The molecule has 4 rings (SSSR count). The van der Waals surface area contributed by atoms with Crippen LogP contribution in [0.4, 0.5) is 0 Å². The van der Waals surface area contributed by atoms with Crippen LogP contribution in [0, 0.1) is 0 Å². The van der Waals surface area contributed by atoms with Crippen molar-refractivity contribution in [1.29, 1.82) is 0 Å². The van der Waals surface area contributed by atoms with E-state index in [2.05, 4.69) is 22.3 Å². The molecule has 2 aromatic rings. The van der Waals surface area contributed by atoms with E-state index >= 15 is 0 Å². The number of carbonyl (C=O) groups is 1. The van der Waals surface area contributed by atoms with Crippen molar-refractivity contribution in [3.05, 3.63) is 41.3 Å². The van der Waals surface area contributed by atoms with Crippen LogP contribution in [0.5, 0.6) is 5.75 Å². The highest BCUT2D eigenvalue weighted by molar-refractivity contribution is 7.17. The molecule has 6 heteroatoms. The molecule has 1 aromatic heterocycles. The second-order valence-electron chi connectivity index (χ2n) is 6.69. The number of ether oxygens (including phenoxy) is 1. The Balaban J connectivity index is 0.00000196. The largest absolute Gasteiger partial charge is 0.492 e. The number of halogens is 1. The average Bonchev–Trinajstić information content (AvgIpc) is 3.15. The number of hydrogen-bond acceptors (Lipinski definition) is 4. The van der Waals surface area contributed by atoms with Gasteiger partial charge in [0.1, 0.15) is 10.6 Å². The SMILES string of the molecule is CCOc1cc(-c2ccccc2)sc1C(=O)N1C2CCNCC1CC2.Cl. The monoisotopic (exact) mass is 392 g/mol. The van der Waals surface area contributed by atoms with Crippen molar-refractivity contribution in [3.63, 3.8) is 0 Å². The zero-order valence-electron chi connectivity index (χ0n) is 14.9. The van der Waals surface area contributed by atoms with Crippen molar-refractivity contribution in [2.75, 3.05) is 19.7 Å². The minimum absolute atomic E-state index is 0. The number of nitrogens with zero attached hydrogens (tertiary/aromatic N) is 1. The second kappa shape index (κ2) is 8.42. The Kier molecular flexibility index (Phi) is 6.22. The van der Waals surface area contributed by atoms with Gasteiger partial charge in [0.25, 0.3) is 5.91 Å². The Bertz CT molecular complexity index is 736. The highest BCUT2D eigenvalue weighted by atomic mass is 35.5. The molecule has 1 N–H and O–H groups in total. The molecule has 2 fully saturated rings. The van der Waals surface area contributed by atoms with E-state index < -0.39 is 0 Å². The molecule has 140 valence electrons. The van der Waals surface area contributed by atoms with Crippen molar-refractivity contribution in [2.45, 2.75) is 38.3 Å². The molecule has 2 aliphatic rings. The first kappa shape index (κ1) is 19.2. The lowest BCUT2D eigenvalue weighted by molar-refractivity contribution is 0.0681. The molecule has 0 aliphatic carbocycles. The second-order valence-corrected chi connectivity index (χ2v) is 7.75. The van der Waals surface area contributed by atoms with Crippen molar-refractivity contribution < 1.29 is 9.53 Å². The fraction of sp³-hybridized carbons (Fsp3) is 0.450. The van der Waals surface area contributed by atoms with Gasteiger partial charge in [0, 0.05) is 23.5 Å².